The van der Waals surface area contributed by atoms with Crippen LogP contribution in [0.5, 0.6) is 5.75 Å². The van der Waals surface area contributed by atoms with Gasteiger partial charge in [-0.3, -0.25) is 9.11 Å². The van der Waals surface area contributed by atoms with E-state index in [-0.39, 0.29) is 33.6 Å². The average Bonchev–Trinajstić information content (AvgIpc) is 2.98. The van der Waals surface area contributed by atoms with E-state index in [0.29, 0.717) is 22.7 Å². The lowest BCUT2D eigenvalue weighted by Crippen LogP contribution is -2.01. The summed E-state index contributed by atoms with van der Waals surface area (Å²) in [7, 11) is -9.65. The highest BCUT2D eigenvalue weighted by Gasteiger charge is 2.21. The predicted molar refractivity (Wildman–Crippen MR) is 162 cm³/mol. The first-order valence-electron chi connectivity index (χ1n) is 12.4. The second-order valence-electron chi connectivity index (χ2n) is 9.13. The van der Waals surface area contributed by atoms with E-state index >= 15 is 0 Å². The molecule has 5 aromatic rings. The normalized spacial score (nSPS) is 12.6. The minimum Gasteiger partial charge on any atom is -0.508 e. The van der Waals surface area contributed by atoms with Crippen molar-refractivity contribution in [1.29, 1.82) is 0 Å². The summed E-state index contributed by atoms with van der Waals surface area (Å²) < 4.78 is 68.3. The van der Waals surface area contributed by atoms with Crippen molar-refractivity contribution in [3.05, 3.63) is 97.1 Å². The first-order valence-corrected chi connectivity index (χ1v) is 15.3. The van der Waals surface area contributed by atoms with Crippen LogP contribution >= 0.6 is 0 Å². The molecule has 44 heavy (non-hydrogen) atoms. The van der Waals surface area contributed by atoms with Crippen molar-refractivity contribution in [2.75, 3.05) is 5.73 Å². The molecule has 5 rings (SSSR count). The Labute approximate surface area is 250 Å². The number of anilines is 1. The Hall–Kier alpha value is -5.42. The van der Waals surface area contributed by atoms with Gasteiger partial charge in [-0.25, -0.2) is 0 Å². The van der Waals surface area contributed by atoms with Gasteiger partial charge in [-0.2, -0.15) is 32.2 Å². The van der Waals surface area contributed by atoms with E-state index in [1.807, 2.05) is 0 Å². The van der Waals surface area contributed by atoms with E-state index in [4.69, 9.17) is 5.73 Å². The third kappa shape index (κ3) is 7.13. The number of nitrogens with zero attached hydrogens (tertiary/aromatic N) is 6. The fourth-order valence-corrected chi connectivity index (χ4v) is 5.17. The van der Waals surface area contributed by atoms with Crippen LogP contribution in [0.4, 0.5) is 39.8 Å². The Balaban J connectivity index is 1.51. The van der Waals surface area contributed by atoms with Gasteiger partial charge < -0.3 is 10.8 Å². The van der Waals surface area contributed by atoms with E-state index in [1.165, 1.54) is 42.5 Å². The lowest BCUT2D eigenvalue weighted by atomic mass is 10.1. The number of hydrogen-bond donors (Lipinski definition) is 4. The molecular formula is C28H21N7O7S2. The molecule has 0 aliphatic heterocycles. The predicted octanol–water partition coefficient (Wildman–Crippen LogP) is 7.87. The fourth-order valence-electron chi connectivity index (χ4n) is 3.89. The summed E-state index contributed by atoms with van der Waals surface area (Å²) in [5.74, 6) is -0.0199. The average molecular weight is 632 g/mol. The van der Waals surface area contributed by atoms with Gasteiger partial charge in [0, 0.05) is 6.07 Å². The van der Waals surface area contributed by atoms with Crippen molar-refractivity contribution in [3.8, 4) is 5.75 Å². The minimum atomic E-state index is -4.84. The number of nitrogens with two attached hydrogens (primary N) is 1. The van der Waals surface area contributed by atoms with Crippen LogP contribution in [-0.2, 0) is 20.2 Å². The fraction of sp³-hybridized carbons (Fsp3) is 0. The molecule has 0 amide bonds. The Morgan fingerprint density at radius 3 is 1.41 bits per heavy atom. The number of azo groups is 3. The molecule has 5 aromatic carbocycles. The number of nitrogen functional groups attached to an aromatic ring is 1. The standard InChI is InChI=1S/C28H21N7O7S2/c29-23-11-10-22(36)16-24(23)33-31-20-6-8-21(9-7-20)32-35-26-13-17-12-25(34-30-19-4-2-1-3-5-19)27(43(37,38)39)14-18(17)15-28(26)44(40,41)42/h1-16,36H,29H2,(H,37,38,39)(H,40,41,42). The summed E-state index contributed by atoms with van der Waals surface area (Å²) in [4.78, 5) is -1.27. The van der Waals surface area contributed by atoms with Gasteiger partial charge in [-0.15, -0.1) is 15.3 Å². The van der Waals surface area contributed by atoms with Crippen molar-refractivity contribution < 1.29 is 31.0 Å². The maximum absolute atomic E-state index is 12.2. The van der Waals surface area contributed by atoms with Crippen LogP contribution in [0, 0.1) is 0 Å². The molecule has 0 unspecified atom stereocenters. The highest BCUT2D eigenvalue weighted by Crippen LogP contribution is 2.37. The molecule has 0 saturated carbocycles. The van der Waals surface area contributed by atoms with Crippen molar-refractivity contribution in [3.63, 3.8) is 0 Å². The third-order valence-electron chi connectivity index (χ3n) is 5.99. The number of rotatable bonds is 8. The maximum Gasteiger partial charge on any atom is 0.296 e. The van der Waals surface area contributed by atoms with Crippen LogP contribution in [0.25, 0.3) is 10.8 Å². The van der Waals surface area contributed by atoms with Crippen molar-refractivity contribution in [2.24, 2.45) is 30.7 Å². The monoisotopic (exact) mass is 631 g/mol. The number of aromatic hydroxyl groups is 1. The SMILES string of the molecule is Nc1ccc(O)cc1N=Nc1ccc(N=Nc2cc3cc(N=Nc4ccccc4)c(S(=O)(=O)O)cc3cc2S(=O)(=O)O)cc1. The van der Waals surface area contributed by atoms with Crippen molar-refractivity contribution in [1.82, 2.24) is 0 Å². The first kappa shape index (κ1) is 30.1. The van der Waals surface area contributed by atoms with E-state index in [2.05, 4.69) is 30.7 Å². The van der Waals surface area contributed by atoms with Crippen molar-refractivity contribution >= 4 is 70.8 Å². The quantitative estimate of drug-likeness (QED) is 0.0568. The number of hydrogen-bond acceptors (Lipinski definition) is 12. The van der Waals surface area contributed by atoms with Gasteiger partial charge in [0.15, 0.2) is 0 Å². The number of phenols is 1. The third-order valence-corrected chi connectivity index (χ3v) is 7.76. The molecule has 222 valence electrons. The lowest BCUT2D eigenvalue weighted by molar-refractivity contribution is 0.475. The highest BCUT2D eigenvalue weighted by molar-refractivity contribution is 7.86. The van der Waals surface area contributed by atoms with Gasteiger partial charge in [0.2, 0.25) is 0 Å². The Bertz CT molecular complexity index is 2190. The molecule has 0 spiro atoms. The Morgan fingerprint density at radius 2 is 0.932 bits per heavy atom. The van der Waals surface area contributed by atoms with Crippen molar-refractivity contribution in [2.45, 2.75) is 9.79 Å². The van der Waals surface area contributed by atoms with Crippen LogP contribution < -0.4 is 5.73 Å². The molecule has 0 atom stereocenters. The lowest BCUT2D eigenvalue weighted by Gasteiger charge is -2.09. The molecular weight excluding hydrogens is 610 g/mol. The summed E-state index contributed by atoms with van der Waals surface area (Å²) in [6, 6.07) is 23.4. The van der Waals surface area contributed by atoms with Gasteiger partial charge >= 0.3 is 0 Å². The molecule has 0 aromatic heterocycles. The molecule has 0 fully saturated rings. The van der Waals surface area contributed by atoms with Crippen LogP contribution in [0.3, 0.4) is 0 Å². The molecule has 5 N–H and O–H groups in total. The molecule has 0 aliphatic carbocycles. The smallest absolute Gasteiger partial charge is 0.296 e. The van der Waals surface area contributed by atoms with Gasteiger partial charge in [0.05, 0.1) is 22.7 Å². The second-order valence-corrected chi connectivity index (χ2v) is 11.9. The van der Waals surface area contributed by atoms with E-state index in [9.17, 15) is 31.0 Å². The van der Waals surface area contributed by atoms with E-state index < -0.39 is 30.0 Å². The topological polar surface area (TPSA) is 229 Å². The van der Waals surface area contributed by atoms with Crippen LogP contribution in [0.1, 0.15) is 0 Å². The first-order chi connectivity index (χ1) is 20.9. The van der Waals surface area contributed by atoms with Crippen LogP contribution in [0.15, 0.2) is 138 Å². The van der Waals surface area contributed by atoms with E-state index in [0.717, 1.165) is 12.1 Å². The number of phenolic OH excluding ortho intramolecular Hbond substituents is 1. The molecule has 0 heterocycles. The zero-order valence-electron chi connectivity index (χ0n) is 22.3. The van der Waals surface area contributed by atoms with E-state index in [1.54, 1.807) is 42.5 Å². The maximum atomic E-state index is 12.2. The molecule has 0 radical (unpaired) electrons. The number of benzene rings is 5. The zero-order valence-corrected chi connectivity index (χ0v) is 23.9. The van der Waals surface area contributed by atoms with Gasteiger partial charge in [0.1, 0.15) is 32.6 Å². The molecule has 14 nitrogen and oxygen atoms in total. The summed E-state index contributed by atoms with van der Waals surface area (Å²) >= 11 is 0. The van der Waals surface area contributed by atoms with Gasteiger partial charge in [0.25, 0.3) is 20.2 Å². The largest absolute Gasteiger partial charge is 0.508 e. The zero-order chi connectivity index (χ0) is 31.5. The van der Waals surface area contributed by atoms with Crippen LogP contribution in [-0.4, -0.2) is 31.0 Å². The molecule has 16 heteroatoms. The van der Waals surface area contributed by atoms with Gasteiger partial charge in [-0.05, 0) is 83.6 Å². The summed E-state index contributed by atoms with van der Waals surface area (Å²) in [5, 5.41) is 34.0. The summed E-state index contributed by atoms with van der Waals surface area (Å²) in [6.45, 7) is 0. The second kappa shape index (κ2) is 12.1. The highest BCUT2D eigenvalue weighted by atomic mass is 32.2. The van der Waals surface area contributed by atoms with Crippen LogP contribution in [0.2, 0.25) is 0 Å². The minimum absolute atomic E-state index is 0.0199. The summed E-state index contributed by atoms with van der Waals surface area (Å²) in [6.07, 6.45) is 0. The molecule has 0 saturated heterocycles. The molecule has 0 aliphatic rings. The molecule has 0 bridgehead atoms. The summed E-state index contributed by atoms with van der Waals surface area (Å²) in [5.41, 5.74) is 7.07. The Kier molecular flexibility index (Phi) is 8.23. The number of fused-ring (bicyclic) bond motifs is 1. The Morgan fingerprint density at radius 1 is 0.500 bits per heavy atom. The van der Waals surface area contributed by atoms with Gasteiger partial charge in [-0.1, -0.05) is 18.2 Å².